The number of esters is 1. The van der Waals surface area contributed by atoms with Crippen LogP contribution in [-0.2, 0) is 10.2 Å². The molecule has 0 amide bonds. The second-order valence-corrected chi connectivity index (χ2v) is 10.6. The molecule has 4 fully saturated rings. The van der Waals surface area contributed by atoms with Crippen molar-refractivity contribution < 1.29 is 24.5 Å². The summed E-state index contributed by atoms with van der Waals surface area (Å²) in [4.78, 5) is 23.8. The number of carboxylic acid groups (broad SMARTS) is 1. The summed E-state index contributed by atoms with van der Waals surface area (Å²) >= 11 is 0. The maximum Gasteiger partial charge on any atom is 0.432 e. The maximum atomic E-state index is 12.0. The molecule has 35 heavy (non-hydrogen) atoms. The number of ether oxygens (including phenoxy) is 1. The second-order valence-electron chi connectivity index (χ2n) is 10.6. The molecule has 180 valence electrons. The van der Waals surface area contributed by atoms with E-state index in [1.165, 1.54) is 26.4 Å². The first-order valence-electron chi connectivity index (χ1n) is 12.2. The SMILES string of the molecule is COC(=O)c1ccc(-c2cc(-c3ccc(O)c(C45CC6CC(CC(C6)C4)C5)c3)nn2C(=O)O)cc1. The molecule has 3 aromatic rings. The third-order valence-electron chi connectivity index (χ3n) is 8.39. The molecular weight excluding hydrogens is 444 g/mol. The molecule has 7 nitrogen and oxygen atoms in total. The molecule has 7 rings (SSSR count). The highest BCUT2D eigenvalue weighted by Gasteiger charge is 2.52. The van der Waals surface area contributed by atoms with Gasteiger partial charge in [-0.1, -0.05) is 12.1 Å². The molecule has 7 heteroatoms. The zero-order chi connectivity index (χ0) is 24.3. The molecule has 0 saturated heterocycles. The molecule has 4 aliphatic carbocycles. The molecule has 4 saturated carbocycles. The van der Waals surface area contributed by atoms with Gasteiger partial charge in [-0.05, 0) is 98.1 Å². The number of phenolic OH excluding ortho intramolecular Hbond substituents is 1. The quantitative estimate of drug-likeness (QED) is 0.472. The number of methoxy groups -OCH3 is 1. The molecule has 0 spiro atoms. The summed E-state index contributed by atoms with van der Waals surface area (Å²) in [6, 6.07) is 13.9. The van der Waals surface area contributed by atoms with Crippen LogP contribution in [0.2, 0.25) is 0 Å². The van der Waals surface area contributed by atoms with Gasteiger partial charge in [0.2, 0.25) is 0 Å². The predicted octanol–water partition coefficient (Wildman–Crippen LogP) is 5.70. The summed E-state index contributed by atoms with van der Waals surface area (Å²) < 4.78 is 5.70. The highest BCUT2D eigenvalue weighted by molar-refractivity contribution is 5.90. The first-order chi connectivity index (χ1) is 16.8. The van der Waals surface area contributed by atoms with Crippen molar-refractivity contribution >= 4 is 12.1 Å². The average Bonchev–Trinajstić information content (AvgIpc) is 3.29. The van der Waals surface area contributed by atoms with Crippen molar-refractivity contribution in [2.45, 2.75) is 43.9 Å². The number of aromatic nitrogens is 2. The van der Waals surface area contributed by atoms with E-state index in [-0.39, 0.29) is 5.41 Å². The van der Waals surface area contributed by atoms with Crippen molar-refractivity contribution in [3.63, 3.8) is 0 Å². The minimum Gasteiger partial charge on any atom is -0.508 e. The molecule has 4 aliphatic rings. The molecule has 1 heterocycles. The number of nitrogens with zero attached hydrogens (tertiary/aromatic N) is 2. The largest absolute Gasteiger partial charge is 0.508 e. The first kappa shape index (κ1) is 21.9. The number of hydrogen-bond acceptors (Lipinski definition) is 5. The Hall–Kier alpha value is -3.61. The summed E-state index contributed by atoms with van der Waals surface area (Å²) in [5, 5.41) is 25.1. The minimum absolute atomic E-state index is 0.0107. The van der Waals surface area contributed by atoms with E-state index in [1.54, 1.807) is 42.5 Å². The van der Waals surface area contributed by atoms with Gasteiger partial charge in [-0.15, -0.1) is 0 Å². The number of rotatable bonds is 4. The number of carbonyl (C=O) groups is 2. The van der Waals surface area contributed by atoms with Crippen LogP contribution in [0.15, 0.2) is 48.5 Å². The topological polar surface area (TPSA) is 102 Å². The lowest BCUT2D eigenvalue weighted by Gasteiger charge is -2.57. The number of phenols is 1. The van der Waals surface area contributed by atoms with Crippen LogP contribution < -0.4 is 0 Å². The Morgan fingerprint density at radius 1 is 0.943 bits per heavy atom. The zero-order valence-corrected chi connectivity index (χ0v) is 19.6. The van der Waals surface area contributed by atoms with Crippen molar-refractivity contribution in [2.24, 2.45) is 17.8 Å². The van der Waals surface area contributed by atoms with Crippen LogP contribution in [-0.4, -0.2) is 39.2 Å². The van der Waals surface area contributed by atoms with E-state index < -0.39 is 12.1 Å². The molecule has 0 aliphatic heterocycles. The van der Waals surface area contributed by atoms with Gasteiger partial charge in [0.05, 0.1) is 24.1 Å². The second kappa shape index (κ2) is 7.97. The van der Waals surface area contributed by atoms with Crippen molar-refractivity contribution in [3.8, 4) is 28.3 Å². The smallest absolute Gasteiger partial charge is 0.432 e. The molecule has 0 atom stereocenters. The summed E-state index contributed by atoms with van der Waals surface area (Å²) in [6.45, 7) is 0. The van der Waals surface area contributed by atoms with E-state index >= 15 is 0 Å². The summed E-state index contributed by atoms with van der Waals surface area (Å²) in [7, 11) is 1.32. The van der Waals surface area contributed by atoms with Crippen LogP contribution in [0.25, 0.3) is 22.5 Å². The lowest BCUT2D eigenvalue weighted by Crippen LogP contribution is -2.48. The van der Waals surface area contributed by atoms with Crippen LogP contribution in [0.1, 0.15) is 54.4 Å². The van der Waals surface area contributed by atoms with Gasteiger partial charge in [-0.25, -0.2) is 9.59 Å². The monoisotopic (exact) mass is 472 g/mol. The molecule has 0 unspecified atom stereocenters. The third-order valence-corrected chi connectivity index (χ3v) is 8.39. The summed E-state index contributed by atoms with van der Waals surface area (Å²) in [6.07, 6.45) is 6.14. The van der Waals surface area contributed by atoms with Crippen molar-refractivity contribution in [3.05, 3.63) is 59.7 Å². The molecular formula is C28H28N2O5. The Morgan fingerprint density at radius 3 is 2.11 bits per heavy atom. The van der Waals surface area contributed by atoms with E-state index in [4.69, 9.17) is 4.74 Å². The van der Waals surface area contributed by atoms with E-state index in [1.807, 2.05) is 6.07 Å². The van der Waals surface area contributed by atoms with Crippen LogP contribution in [0.3, 0.4) is 0 Å². The maximum absolute atomic E-state index is 12.0. The van der Waals surface area contributed by atoms with Gasteiger partial charge in [0.1, 0.15) is 5.75 Å². The van der Waals surface area contributed by atoms with Gasteiger partial charge >= 0.3 is 12.1 Å². The Balaban J connectivity index is 1.39. The van der Waals surface area contributed by atoms with Crippen LogP contribution in [0, 0.1) is 17.8 Å². The lowest BCUT2D eigenvalue weighted by molar-refractivity contribution is -0.00611. The normalized spacial score (nSPS) is 26.6. The number of aromatic hydroxyl groups is 1. The van der Waals surface area contributed by atoms with E-state index in [0.717, 1.165) is 52.8 Å². The first-order valence-corrected chi connectivity index (χ1v) is 12.2. The lowest BCUT2D eigenvalue weighted by atomic mass is 9.48. The Labute approximate surface area is 203 Å². The minimum atomic E-state index is -1.19. The van der Waals surface area contributed by atoms with E-state index in [2.05, 4.69) is 5.10 Å². The predicted molar refractivity (Wildman–Crippen MR) is 129 cm³/mol. The number of carbonyl (C=O) groups excluding carboxylic acids is 1. The van der Waals surface area contributed by atoms with E-state index in [0.29, 0.717) is 28.3 Å². The third kappa shape index (κ3) is 3.61. The highest BCUT2D eigenvalue weighted by Crippen LogP contribution is 2.62. The van der Waals surface area contributed by atoms with Crippen molar-refractivity contribution in [1.82, 2.24) is 9.78 Å². The van der Waals surface area contributed by atoms with Gasteiger partial charge in [0.15, 0.2) is 0 Å². The average molecular weight is 473 g/mol. The molecule has 2 N–H and O–H groups in total. The number of hydrogen-bond donors (Lipinski definition) is 2. The number of benzene rings is 2. The fourth-order valence-electron chi connectivity index (χ4n) is 7.33. The summed E-state index contributed by atoms with van der Waals surface area (Å²) in [5.74, 6) is 2.11. The van der Waals surface area contributed by atoms with Crippen molar-refractivity contribution in [2.75, 3.05) is 7.11 Å². The van der Waals surface area contributed by atoms with Gasteiger partial charge in [0.25, 0.3) is 0 Å². The summed E-state index contributed by atoms with van der Waals surface area (Å²) in [5.41, 5.74) is 3.75. The molecule has 4 bridgehead atoms. The molecule has 2 aromatic carbocycles. The molecule has 1 aromatic heterocycles. The fraction of sp³-hybridized carbons (Fsp3) is 0.393. The van der Waals surface area contributed by atoms with Gasteiger partial charge in [0, 0.05) is 16.7 Å². The fourth-order valence-corrected chi connectivity index (χ4v) is 7.33. The van der Waals surface area contributed by atoms with Crippen LogP contribution >= 0.6 is 0 Å². The molecule has 0 radical (unpaired) electrons. The Bertz CT molecular complexity index is 1290. The van der Waals surface area contributed by atoms with Crippen LogP contribution in [0.4, 0.5) is 4.79 Å². The van der Waals surface area contributed by atoms with Crippen molar-refractivity contribution in [1.29, 1.82) is 0 Å². The standard InChI is InChI=1S/C28H28N2O5/c1-35-26(32)20-4-2-19(3-5-20)24-12-23(29-30(24)27(33)34)21-6-7-25(31)22(11-21)28-13-16-8-17(14-28)10-18(9-16)15-28/h2-7,11-12,16-18,31H,8-10,13-15H2,1H3,(H,33,34). The van der Waals surface area contributed by atoms with Crippen LogP contribution in [0.5, 0.6) is 5.75 Å². The Morgan fingerprint density at radius 2 is 1.54 bits per heavy atom. The van der Waals surface area contributed by atoms with Gasteiger partial charge in [-0.3, -0.25) is 0 Å². The van der Waals surface area contributed by atoms with E-state index in [9.17, 15) is 19.8 Å². The highest BCUT2D eigenvalue weighted by atomic mass is 16.5. The van der Waals surface area contributed by atoms with Gasteiger partial charge < -0.3 is 14.9 Å². The Kier molecular flexibility index (Phi) is 4.99. The zero-order valence-electron chi connectivity index (χ0n) is 19.6. The van der Waals surface area contributed by atoms with Gasteiger partial charge in [-0.2, -0.15) is 9.78 Å².